The van der Waals surface area contributed by atoms with Gasteiger partial charge in [-0.05, 0) is 51.3 Å². The molecule has 7 heteroatoms. The zero-order valence-electron chi connectivity index (χ0n) is 18.4. The van der Waals surface area contributed by atoms with Crippen molar-refractivity contribution in [2.45, 2.75) is 65.0 Å². The Morgan fingerprint density at radius 2 is 1.87 bits per heavy atom. The highest BCUT2D eigenvalue weighted by molar-refractivity contribution is 6.07. The van der Waals surface area contributed by atoms with Gasteiger partial charge in [0, 0.05) is 24.3 Å². The second kappa shape index (κ2) is 8.90. The summed E-state index contributed by atoms with van der Waals surface area (Å²) in [4.78, 5) is 40.8. The predicted molar refractivity (Wildman–Crippen MR) is 112 cm³/mol. The molecule has 1 saturated carbocycles. The first-order valence-corrected chi connectivity index (χ1v) is 10.4. The molecule has 0 aliphatic heterocycles. The molecular weight excluding hydrogens is 384 g/mol. The normalized spacial score (nSPS) is 15.6. The zero-order chi connectivity index (χ0) is 22.0. The highest BCUT2D eigenvalue weighted by atomic mass is 16.5. The van der Waals surface area contributed by atoms with Crippen LogP contribution in [0, 0.1) is 13.8 Å². The third-order valence-corrected chi connectivity index (χ3v) is 6.29. The number of nitrogens with zero attached hydrogens (tertiary/aromatic N) is 2. The van der Waals surface area contributed by atoms with E-state index in [4.69, 9.17) is 9.15 Å². The summed E-state index contributed by atoms with van der Waals surface area (Å²) in [5.41, 5.74) is 2.08. The Labute approximate surface area is 177 Å². The number of ether oxygens (including phenoxy) is 1. The van der Waals surface area contributed by atoms with Crippen LogP contribution < -0.4 is 0 Å². The number of ketones is 1. The van der Waals surface area contributed by atoms with Gasteiger partial charge in [-0.2, -0.15) is 0 Å². The molecule has 0 radical (unpaired) electrons. The summed E-state index contributed by atoms with van der Waals surface area (Å²) in [6.45, 7) is 5.32. The fourth-order valence-electron chi connectivity index (χ4n) is 4.61. The van der Waals surface area contributed by atoms with Crippen LogP contribution in [0.25, 0.3) is 0 Å². The van der Waals surface area contributed by atoms with Crippen LogP contribution in [0.4, 0.5) is 0 Å². The Morgan fingerprint density at radius 3 is 2.43 bits per heavy atom. The van der Waals surface area contributed by atoms with Crippen LogP contribution in [0.15, 0.2) is 22.8 Å². The Morgan fingerprint density at radius 1 is 1.20 bits per heavy atom. The van der Waals surface area contributed by atoms with Gasteiger partial charge >= 0.3 is 5.97 Å². The van der Waals surface area contributed by atoms with Crippen molar-refractivity contribution in [3.05, 3.63) is 46.7 Å². The largest absolute Gasteiger partial charge is 0.464 e. The van der Waals surface area contributed by atoms with Gasteiger partial charge in [0.2, 0.25) is 0 Å². The topological polar surface area (TPSA) is 81.8 Å². The first kappa shape index (κ1) is 21.9. The number of esters is 1. The van der Waals surface area contributed by atoms with Crippen LogP contribution in [0.3, 0.4) is 0 Å². The molecule has 2 aromatic heterocycles. The van der Waals surface area contributed by atoms with Crippen LogP contribution in [0.5, 0.6) is 0 Å². The predicted octanol–water partition coefficient (Wildman–Crippen LogP) is 4.07. The van der Waals surface area contributed by atoms with Gasteiger partial charge < -0.3 is 18.6 Å². The van der Waals surface area contributed by atoms with Crippen molar-refractivity contribution in [1.82, 2.24) is 9.47 Å². The molecule has 162 valence electrons. The van der Waals surface area contributed by atoms with Gasteiger partial charge in [0.05, 0.1) is 19.4 Å². The summed E-state index contributed by atoms with van der Waals surface area (Å²) >= 11 is 0. The van der Waals surface area contributed by atoms with Crippen LogP contribution in [0.1, 0.15) is 81.7 Å². The summed E-state index contributed by atoms with van der Waals surface area (Å²) < 4.78 is 11.9. The van der Waals surface area contributed by atoms with E-state index in [9.17, 15) is 14.4 Å². The lowest BCUT2D eigenvalue weighted by Gasteiger charge is -2.37. The number of hydrogen-bond donors (Lipinski definition) is 0. The molecule has 1 amide bonds. The molecule has 0 spiro atoms. The molecule has 2 heterocycles. The average molecular weight is 415 g/mol. The van der Waals surface area contributed by atoms with Gasteiger partial charge in [-0.3, -0.25) is 9.59 Å². The van der Waals surface area contributed by atoms with Crippen molar-refractivity contribution in [3.8, 4) is 0 Å². The van der Waals surface area contributed by atoms with Crippen molar-refractivity contribution in [3.63, 3.8) is 0 Å². The van der Waals surface area contributed by atoms with E-state index in [1.54, 1.807) is 49.4 Å². The summed E-state index contributed by atoms with van der Waals surface area (Å²) in [6.07, 6.45) is 6.40. The van der Waals surface area contributed by atoms with Crippen molar-refractivity contribution >= 4 is 17.7 Å². The van der Waals surface area contributed by atoms with Crippen LogP contribution in [0.2, 0.25) is 0 Å². The molecule has 3 rings (SSSR count). The van der Waals surface area contributed by atoms with E-state index in [2.05, 4.69) is 0 Å². The van der Waals surface area contributed by atoms with Gasteiger partial charge in [0.1, 0.15) is 5.69 Å². The van der Waals surface area contributed by atoms with Crippen molar-refractivity contribution in [2.75, 3.05) is 7.11 Å². The standard InChI is InChI=1S/C23H30N2O5/c1-14-19(15(2)24(4)20(14)23(28)29-5)21(26)16(3)25(17-10-7-6-8-11-17)22(27)18-12-9-13-30-18/h9,12-13,16-17H,6-8,10-11H2,1-5H3. The number of carbonyl (C=O) groups is 3. The van der Waals surface area contributed by atoms with Crippen LogP contribution in [-0.2, 0) is 11.8 Å². The van der Waals surface area contributed by atoms with E-state index in [1.165, 1.54) is 13.4 Å². The summed E-state index contributed by atoms with van der Waals surface area (Å²) in [5, 5.41) is 0. The lowest BCUT2D eigenvalue weighted by molar-refractivity contribution is 0.0461. The number of hydrogen-bond acceptors (Lipinski definition) is 5. The van der Waals surface area contributed by atoms with Crippen molar-refractivity contribution in [2.24, 2.45) is 7.05 Å². The van der Waals surface area contributed by atoms with Crippen LogP contribution >= 0.6 is 0 Å². The Bertz CT molecular complexity index is 935. The molecule has 1 unspecified atom stereocenters. The molecule has 0 aromatic carbocycles. The van der Waals surface area contributed by atoms with Gasteiger partial charge in [0.25, 0.3) is 5.91 Å². The second-order valence-corrected chi connectivity index (χ2v) is 8.01. The first-order valence-electron chi connectivity index (χ1n) is 10.4. The number of furan rings is 1. The summed E-state index contributed by atoms with van der Waals surface area (Å²) in [6, 6.07) is 2.60. The number of amides is 1. The molecular formula is C23H30N2O5. The minimum atomic E-state index is -0.684. The first-order chi connectivity index (χ1) is 14.3. The van der Waals surface area contributed by atoms with E-state index in [0.29, 0.717) is 22.5 Å². The molecule has 1 aliphatic carbocycles. The highest BCUT2D eigenvalue weighted by Crippen LogP contribution is 2.29. The molecule has 0 N–H and O–H groups in total. The molecule has 1 aliphatic rings. The fraction of sp³-hybridized carbons (Fsp3) is 0.522. The van der Waals surface area contributed by atoms with Gasteiger partial charge in [-0.1, -0.05) is 19.3 Å². The molecule has 30 heavy (non-hydrogen) atoms. The van der Waals surface area contributed by atoms with E-state index in [-0.39, 0.29) is 23.5 Å². The quantitative estimate of drug-likeness (QED) is 0.526. The third kappa shape index (κ3) is 3.80. The van der Waals surface area contributed by atoms with Gasteiger partial charge in [0.15, 0.2) is 11.5 Å². The lowest BCUT2D eigenvalue weighted by atomic mass is 9.91. The van der Waals surface area contributed by atoms with E-state index >= 15 is 0 Å². The average Bonchev–Trinajstić information content (AvgIpc) is 3.35. The maximum atomic E-state index is 13.6. The van der Waals surface area contributed by atoms with E-state index in [0.717, 1.165) is 32.1 Å². The molecule has 2 aromatic rings. The fourth-order valence-corrected chi connectivity index (χ4v) is 4.61. The van der Waals surface area contributed by atoms with Crippen molar-refractivity contribution < 1.29 is 23.5 Å². The Hall–Kier alpha value is -2.83. The maximum Gasteiger partial charge on any atom is 0.354 e. The van der Waals surface area contributed by atoms with Gasteiger partial charge in [-0.15, -0.1) is 0 Å². The van der Waals surface area contributed by atoms with E-state index in [1.807, 2.05) is 0 Å². The number of Topliss-reactive ketones (excluding diaryl/α,β-unsaturated/α-hetero) is 1. The van der Waals surface area contributed by atoms with E-state index < -0.39 is 12.0 Å². The van der Waals surface area contributed by atoms with Gasteiger partial charge in [-0.25, -0.2) is 4.79 Å². The third-order valence-electron chi connectivity index (χ3n) is 6.29. The second-order valence-electron chi connectivity index (χ2n) is 8.01. The lowest BCUT2D eigenvalue weighted by Crippen LogP contribution is -2.50. The summed E-state index contributed by atoms with van der Waals surface area (Å²) in [7, 11) is 3.06. The minimum Gasteiger partial charge on any atom is -0.464 e. The van der Waals surface area contributed by atoms with Crippen molar-refractivity contribution in [1.29, 1.82) is 0 Å². The molecule has 1 atom stereocenters. The summed E-state index contributed by atoms with van der Waals surface area (Å²) in [5.74, 6) is -0.703. The maximum absolute atomic E-state index is 13.6. The SMILES string of the molecule is COC(=O)c1c(C)c(C(=O)C(C)N(C(=O)c2ccco2)C2CCCCC2)c(C)n1C. The minimum absolute atomic E-state index is 0.0142. The number of methoxy groups -OCH3 is 1. The number of rotatable bonds is 6. The zero-order valence-corrected chi connectivity index (χ0v) is 18.4. The molecule has 7 nitrogen and oxygen atoms in total. The highest BCUT2D eigenvalue weighted by Gasteiger charge is 2.37. The number of carbonyl (C=O) groups excluding carboxylic acids is 3. The molecule has 0 bridgehead atoms. The van der Waals surface area contributed by atoms with Crippen LogP contribution in [-0.4, -0.2) is 46.3 Å². The number of aromatic nitrogens is 1. The Kier molecular flexibility index (Phi) is 6.48. The molecule has 0 saturated heterocycles. The smallest absolute Gasteiger partial charge is 0.354 e. The Balaban J connectivity index is 2.00. The molecule has 1 fully saturated rings. The monoisotopic (exact) mass is 414 g/mol.